The number of halogens is 1. The van der Waals surface area contributed by atoms with Crippen LogP contribution in [0.5, 0.6) is 11.5 Å². The normalized spacial score (nSPS) is 21.3. The van der Waals surface area contributed by atoms with Gasteiger partial charge in [-0.05, 0) is 41.5 Å². The number of ether oxygens (including phenoxy) is 3. The van der Waals surface area contributed by atoms with Gasteiger partial charge in [0.25, 0.3) is 0 Å². The number of rotatable bonds is 11. The van der Waals surface area contributed by atoms with E-state index in [2.05, 4.69) is 5.32 Å². The average molecular weight is 561 g/mol. The Balaban J connectivity index is 1.80. The summed E-state index contributed by atoms with van der Waals surface area (Å²) in [6.07, 6.45) is -0.472. The Kier molecular flexibility index (Phi) is 9.47. The number of fused-ring (bicyclic) bond motifs is 3. The van der Waals surface area contributed by atoms with Crippen LogP contribution in [-0.4, -0.2) is 84.3 Å². The summed E-state index contributed by atoms with van der Waals surface area (Å²) < 4.78 is 16.8. The zero-order chi connectivity index (χ0) is 28.1. The molecular formula is C28H33ClN2O8. The monoisotopic (exact) mass is 560 g/mol. The first-order chi connectivity index (χ1) is 18.8. The van der Waals surface area contributed by atoms with Crippen molar-refractivity contribution in [2.24, 2.45) is 0 Å². The van der Waals surface area contributed by atoms with Crippen LogP contribution < -0.4 is 14.8 Å². The summed E-state index contributed by atoms with van der Waals surface area (Å²) in [5, 5.41) is 34.0. The van der Waals surface area contributed by atoms with Crippen molar-refractivity contribution in [2.45, 2.75) is 43.7 Å². The molecule has 2 amide bonds. The molecule has 4 unspecified atom stereocenters. The van der Waals surface area contributed by atoms with Crippen molar-refractivity contribution in [3.63, 3.8) is 0 Å². The van der Waals surface area contributed by atoms with Gasteiger partial charge < -0.3 is 39.7 Å². The second-order valence-electron chi connectivity index (χ2n) is 9.41. The molecule has 2 aliphatic rings. The fraction of sp³-hybridized carbons (Fsp3) is 0.429. The van der Waals surface area contributed by atoms with Crippen molar-refractivity contribution in [1.29, 1.82) is 0 Å². The number of methoxy groups -OCH3 is 2. The Hall–Kier alpha value is -3.15. The van der Waals surface area contributed by atoms with Crippen LogP contribution in [0.15, 0.2) is 48.0 Å². The van der Waals surface area contributed by atoms with Crippen LogP contribution in [-0.2, 0) is 27.5 Å². The highest BCUT2D eigenvalue weighted by Gasteiger charge is 2.51. The van der Waals surface area contributed by atoms with Gasteiger partial charge in [0.2, 0.25) is 11.8 Å². The lowest BCUT2D eigenvalue weighted by Gasteiger charge is -2.40. The molecular weight excluding hydrogens is 528 g/mol. The second-order valence-corrected chi connectivity index (χ2v) is 9.84. The lowest BCUT2D eigenvalue weighted by Crippen LogP contribution is -2.55. The number of aliphatic hydroxyl groups is 3. The first-order valence-corrected chi connectivity index (χ1v) is 13.0. The summed E-state index contributed by atoms with van der Waals surface area (Å²) in [4.78, 5) is 28.3. The molecule has 0 aromatic heterocycles. The molecule has 1 heterocycles. The van der Waals surface area contributed by atoms with Gasteiger partial charge in [-0.2, -0.15) is 0 Å². The summed E-state index contributed by atoms with van der Waals surface area (Å²) in [5.74, 6) is -0.719. The molecule has 0 radical (unpaired) electrons. The molecule has 1 aliphatic carbocycles. The predicted molar refractivity (Wildman–Crippen MR) is 143 cm³/mol. The van der Waals surface area contributed by atoms with Gasteiger partial charge in [0.15, 0.2) is 11.5 Å². The third kappa shape index (κ3) is 6.05. The Bertz CT molecular complexity index is 1220. The van der Waals surface area contributed by atoms with E-state index in [-0.39, 0.29) is 50.8 Å². The van der Waals surface area contributed by atoms with Crippen LogP contribution >= 0.6 is 11.6 Å². The largest absolute Gasteiger partial charge is 0.493 e. The van der Waals surface area contributed by atoms with Crippen LogP contribution in [0.25, 0.3) is 0 Å². The zero-order valence-electron chi connectivity index (χ0n) is 21.8. The Labute approximate surface area is 231 Å². The molecule has 0 saturated heterocycles. The van der Waals surface area contributed by atoms with Crippen LogP contribution in [0.1, 0.15) is 29.0 Å². The molecule has 2 aromatic rings. The number of carbonyl (C=O) groups excluding carboxylic acids is 2. The molecule has 0 saturated carbocycles. The van der Waals surface area contributed by atoms with Gasteiger partial charge in [-0.1, -0.05) is 23.7 Å². The van der Waals surface area contributed by atoms with E-state index in [4.69, 9.17) is 25.8 Å². The topological polar surface area (TPSA) is 138 Å². The molecule has 0 bridgehead atoms. The Morgan fingerprint density at radius 1 is 1.13 bits per heavy atom. The highest BCUT2D eigenvalue weighted by atomic mass is 35.5. The van der Waals surface area contributed by atoms with Crippen molar-refractivity contribution in [2.75, 3.05) is 34.0 Å². The molecule has 4 rings (SSSR count). The van der Waals surface area contributed by atoms with Crippen molar-refractivity contribution in [1.82, 2.24) is 10.2 Å². The van der Waals surface area contributed by atoms with Gasteiger partial charge in [-0.3, -0.25) is 9.59 Å². The van der Waals surface area contributed by atoms with E-state index in [0.717, 1.165) is 5.56 Å². The van der Waals surface area contributed by atoms with E-state index in [1.807, 2.05) is 0 Å². The summed E-state index contributed by atoms with van der Waals surface area (Å²) >= 11 is 6.05. The van der Waals surface area contributed by atoms with Crippen molar-refractivity contribution in [3.05, 3.63) is 69.8 Å². The average Bonchev–Trinajstić information content (AvgIpc) is 3.34. The summed E-state index contributed by atoms with van der Waals surface area (Å²) in [5.41, 5.74) is 2.20. The number of carbonyl (C=O) groups is 2. The zero-order valence-corrected chi connectivity index (χ0v) is 22.6. The van der Waals surface area contributed by atoms with Gasteiger partial charge in [0, 0.05) is 36.4 Å². The van der Waals surface area contributed by atoms with Crippen LogP contribution in [0, 0.1) is 0 Å². The standard InChI is InChI=1S/C28H33ClN2O8/c1-37-10-7-23(34)31(14-16-3-5-18(29)6-4-16)21-13-20(28(36)30-8-9-32)24-19-11-17(15-33)12-22(38-2)26(19)39-27(24)25(21)35/h3-6,11-13,21,24-25,27,32-33,35H,7-10,14-15H2,1-2H3,(H,30,36). The maximum Gasteiger partial charge on any atom is 0.247 e. The quantitative estimate of drug-likeness (QED) is 0.325. The van der Waals surface area contributed by atoms with E-state index in [1.54, 1.807) is 42.5 Å². The molecule has 4 atom stereocenters. The Morgan fingerprint density at radius 3 is 2.51 bits per heavy atom. The number of benzene rings is 2. The fourth-order valence-electron chi connectivity index (χ4n) is 5.10. The SMILES string of the molecule is COCCC(=O)N(Cc1ccc(Cl)cc1)C1C=C(C(=O)NCCO)C2c3cc(CO)cc(OC)c3OC2C1O. The van der Waals surface area contributed by atoms with Gasteiger partial charge in [-0.15, -0.1) is 0 Å². The van der Waals surface area contributed by atoms with Crippen molar-refractivity contribution in [3.8, 4) is 11.5 Å². The number of nitrogens with one attached hydrogen (secondary N) is 1. The van der Waals surface area contributed by atoms with Crippen LogP contribution in [0.2, 0.25) is 5.02 Å². The second kappa shape index (κ2) is 12.8. The lowest BCUT2D eigenvalue weighted by atomic mass is 9.77. The molecule has 1 aliphatic heterocycles. The van der Waals surface area contributed by atoms with Gasteiger partial charge in [0.1, 0.15) is 12.2 Å². The fourth-order valence-corrected chi connectivity index (χ4v) is 5.22. The number of aliphatic hydroxyl groups excluding tert-OH is 3. The highest BCUT2D eigenvalue weighted by Crippen LogP contribution is 2.51. The molecule has 0 fully saturated rings. The number of amides is 2. The first-order valence-electron chi connectivity index (χ1n) is 12.6. The van der Waals surface area contributed by atoms with E-state index in [9.17, 15) is 24.9 Å². The number of nitrogens with zero attached hydrogens (tertiary/aromatic N) is 1. The molecule has 0 spiro atoms. The van der Waals surface area contributed by atoms with E-state index in [0.29, 0.717) is 27.6 Å². The molecule has 210 valence electrons. The van der Waals surface area contributed by atoms with Gasteiger partial charge in [-0.25, -0.2) is 0 Å². The van der Waals surface area contributed by atoms with Gasteiger partial charge >= 0.3 is 0 Å². The minimum absolute atomic E-state index is 0.0236. The van der Waals surface area contributed by atoms with Crippen molar-refractivity contribution < 1.29 is 39.1 Å². The third-order valence-electron chi connectivity index (χ3n) is 6.96. The number of hydrogen-bond donors (Lipinski definition) is 4. The van der Waals surface area contributed by atoms with Crippen molar-refractivity contribution >= 4 is 23.4 Å². The van der Waals surface area contributed by atoms with Crippen LogP contribution in [0.4, 0.5) is 0 Å². The molecule has 4 N–H and O–H groups in total. The predicted octanol–water partition coefficient (Wildman–Crippen LogP) is 1.53. The highest BCUT2D eigenvalue weighted by molar-refractivity contribution is 6.30. The molecule has 11 heteroatoms. The Morgan fingerprint density at radius 2 is 1.87 bits per heavy atom. The maximum atomic E-state index is 13.4. The summed E-state index contributed by atoms with van der Waals surface area (Å²) in [6.45, 7) is -0.166. The van der Waals surface area contributed by atoms with Gasteiger partial charge in [0.05, 0.1) is 45.3 Å². The lowest BCUT2D eigenvalue weighted by molar-refractivity contribution is -0.139. The minimum Gasteiger partial charge on any atom is -0.493 e. The van der Waals surface area contributed by atoms with Crippen LogP contribution in [0.3, 0.4) is 0 Å². The molecule has 2 aromatic carbocycles. The third-order valence-corrected chi connectivity index (χ3v) is 7.21. The minimum atomic E-state index is -1.21. The summed E-state index contributed by atoms with van der Waals surface area (Å²) in [6, 6.07) is 9.45. The van der Waals surface area contributed by atoms with E-state index in [1.165, 1.54) is 19.1 Å². The molecule has 10 nitrogen and oxygen atoms in total. The summed E-state index contributed by atoms with van der Waals surface area (Å²) in [7, 11) is 2.96. The maximum absolute atomic E-state index is 13.4. The number of hydrogen-bond acceptors (Lipinski definition) is 8. The van der Waals surface area contributed by atoms with E-state index >= 15 is 0 Å². The smallest absolute Gasteiger partial charge is 0.247 e. The first kappa shape index (κ1) is 28.8. The van der Waals surface area contributed by atoms with E-state index < -0.39 is 30.1 Å². The molecule has 39 heavy (non-hydrogen) atoms.